The molecule has 0 amide bonds. The molecule has 0 fully saturated rings. The van der Waals surface area contributed by atoms with Crippen LogP contribution >= 0.6 is 0 Å². The van der Waals surface area contributed by atoms with Crippen LogP contribution in [0, 0.1) is 0 Å². The standard InChI is InChI=1S/C49H31NO2/c1-3-14-32(15-4-1)49(33-16-5-2-6-17-33)42-22-10-7-18-36(42)40-21-13-23-43(48(40)49)50(34-27-29-46-41(30-34)38-20-9-12-25-45(38)51-46)35-26-28-39-37-19-8-11-24-44(37)52-47(39)31-35/h1-31H. The number of hydrogen-bond donors (Lipinski definition) is 0. The second-order valence-corrected chi connectivity index (χ2v) is 13.6. The van der Waals surface area contributed by atoms with Gasteiger partial charge in [-0.2, -0.15) is 0 Å². The lowest BCUT2D eigenvalue weighted by Gasteiger charge is -2.37. The Morgan fingerprint density at radius 3 is 1.65 bits per heavy atom. The summed E-state index contributed by atoms with van der Waals surface area (Å²) >= 11 is 0. The van der Waals surface area contributed by atoms with Gasteiger partial charge in [0.25, 0.3) is 0 Å². The summed E-state index contributed by atoms with van der Waals surface area (Å²) in [5.41, 5.74) is 13.5. The molecular formula is C49H31NO2. The van der Waals surface area contributed by atoms with E-state index in [1.54, 1.807) is 0 Å². The largest absolute Gasteiger partial charge is 0.456 e. The van der Waals surface area contributed by atoms with Gasteiger partial charge >= 0.3 is 0 Å². The lowest BCUT2D eigenvalue weighted by molar-refractivity contribution is 0.668. The van der Waals surface area contributed by atoms with Crippen LogP contribution in [0.5, 0.6) is 0 Å². The lowest BCUT2D eigenvalue weighted by atomic mass is 9.67. The first-order valence-corrected chi connectivity index (χ1v) is 17.8. The highest BCUT2D eigenvalue weighted by molar-refractivity contribution is 6.08. The molecule has 0 radical (unpaired) electrons. The van der Waals surface area contributed by atoms with Crippen LogP contribution in [0.25, 0.3) is 55.0 Å². The van der Waals surface area contributed by atoms with Crippen molar-refractivity contribution in [3.63, 3.8) is 0 Å². The number of benzene rings is 8. The number of fused-ring (bicyclic) bond motifs is 9. The van der Waals surface area contributed by atoms with E-state index < -0.39 is 5.41 Å². The van der Waals surface area contributed by atoms with Gasteiger partial charge in [-0.05, 0) is 76.3 Å². The van der Waals surface area contributed by atoms with Crippen molar-refractivity contribution in [2.24, 2.45) is 0 Å². The monoisotopic (exact) mass is 665 g/mol. The Morgan fingerprint density at radius 1 is 0.365 bits per heavy atom. The summed E-state index contributed by atoms with van der Waals surface area (Å²) in [4.78, 5) is 2.42. The van der Waals surface area contributed by atoms with Gasteiger partial charge in [-0.3, -0.25) is 0 Å². The van der Waals surface area contributed by atoms with Crippen molar-refractivity contribution in [1.82, 2.24) is 0 Å². The van der Waals surface area contributed by atoms with Gasteiger partial charge < -0.3 is 13.7 Å². The maximum Gasteiger partial charge on any atom is 0.137 e. The van der Waals surface area contributed by atoms with E-state index in [4.69, 9.17) is 8.83 Å². The molecule has 3 nitrogen and oxygen atoms in total. The summed E-state index contributed by atoms with van der Waals surface area (Å²) in [5, 5.41) is 4.39. The van der Waals surface area contributed by atoms with Crippen LogP contribution < -0.4 is 4.90 Å². The topological polar surface area (TPSA) is 29.5 Å². The van der Waals surface area contributed by atoms with Crippen LogP contribution in [-0.2, 0) is 5.41 Å². The number of rotatable bonds is 5. The van der Waals surface area contributed by atoms with Gasteiger partial charge in [-0.1, -0.05) is 133 Å². The van der Waals surface area contributed by atoms with Crippen molar-refractivity contribution in [1.29, 1.82) is 0 Å². The zero-order valence-electron chi connectivity index (χ0n) is 28.2. The van der Waals surface area contributed by atoms with Crippen LogP contribution in [0.1, 0.15) is 22.3 Å². The van der Waals surface area contributed by atoms with Crippen LogP contribution in [0.4, 0.5) is 17.1 Å². The molecule has 0 saturated carbocycles. The minimum absolute atomic E-state index is 0.584. The van der Waals surface area contributed by atoms with Crippen LogP contribution in [-0.4, -0.2) is 0 Å². The summed E-state index contributed by atoms with van der Waals surface area (Å²) in [6.45, 7) is 0. The highest BCUT2D eigenvalue weighted by atomic mass is 16.3. The molecule has 1 aliphatic carbocycles. The highest BCUT2D eigenvalue weighted by Crippen LogP contribution is 2.60. The lowest BCUT2D eigenvalue weighted by Crippen LogP contribution is -2.30. The van der Waals surface area contributed by atoms with Gasteiger partial charge in [0, 0.05) is 44.5 Å². The van der Waals surface area contributed by atoms with E-state index in [1.807, 2.05) is 24.3 Å². The maximum atomic E-state index is 6.51. The zero-order valence-corrected chi connectivity index (χ0v) is 28.2. The summed E-state index contributed by atoms with van der Waals surface area (Å²) in [6, 6.07) is 67.4. The number of furan rings is 2. The van der Waals surface area contributed by atoms with Crippen molar-refractivity contribution < 1.29 is 8.83 Å². The van der Waals surface area contributed by atoms with Crippen LogP contribution in [0.3, 0.4) is 0 Å². The Bertz CT molecular complexity index is 2930. The van der Waals surface area contributed by atoms with E-state index in [0.717, 1.165) is 60.9 Å². The molecule has 1 aliphatic rings. The fourth-order valence-electron chi connectivity index (χ4n) is 8.80. The molecule has 0 N–H and O–H groups in total. The number of hydrogen-bond acceptors (Lipinski definition) is 3. The summed E-state index contributed by atoms with van der Waals surface area (Å²) in [7, 11) is 0. The first kappa shape index (κ1) is 28.9. The van der Waals surface area contributed by atoms with Crippen molar-refractivity contribution in [2.45, 2.75) is 5.41 Å². The van der Waals surface area contributed by atoms with Crippen LogP contribution in [0.2, 0.25) is 0 Å². The SMILES string of the molecule is c1ccc(C2(c3ccccc3)c3ccccc3-c3cccc(N(c4ccc5c(c4)oc4ccccc45)c4ccc5oc6ccccc6c5c4)c32)cc1. The van der Waals surface area contributed by atoms with Crippen LogP contribution in [0.15, 0.2) is 197 Å². The third kappa shape index (κ3) is 4.02. The number of nitrogens with zero attached hydrogens (tertiary/aromatic N) is 1. The van der Waals surface area contributed by atoms with Gasteiger partial charge in [0.05, 0.1) is 11.1 Å². The Labute approximate surface area is 300 Å². The van der Waals surface area contributed by atoms with Gasteiger partial charge in [-0.15, -0.1) is 0 Å². The summed E-state index contributed by atoms with van der Waals surface area (Å²) < 4.78 is 12.8. The fraction of sp³-hybridized carbons (Fsp3) is 0.0204. The van der Waals surface area contributed by atoms with E-state index in [2.05, 4.69) is 169 Å². The molecule has 3 heteroatoms. The molecule has 2 aromatic heterocycles. The number of para-hydroxylation sites is 2. The summed E-state index contributed by atoms with van der Waals surface area (Å²) in [5.74, 6) is 0. The van der Waals surface area contributed by atoms with Crippen molar-refractivity contribution >= 4 is 60.9 Å². The van der Waals surface area contributed by atoms with E-state index in [1.165, 1.54) is 33.4 Å². The first-order valence-electron chi connectivity index (χ1n) is 17.8. The molecule has 2 heterocycles. The van der Waals surface area contributed by atoms with E-state index in [0.29, 0.717) is 0 Å². The average Bonchev–Trinajstić information content (AvgIpc) is 3.87. The van der Waals surface area contributed by atoms with Gasteiger partial charge in [-0.25, -0.2) is 0 Å². The molecule has 0 atom stereocenters. The first-order chi connectivity index (χ1) is 25.8. The normalized spacial score (nSPS) is 13.2. The molecule has 10 aromatic rings. The van der Waals surface area contributed by atoms with Crippen molar-refractivity contribution in [3.8, 4) is 11.1 Å². The minimum Gasteiger partial charge on any atom is -0.456 e. The molecule has 244 valence electrons. The van der Waals surface area contributed by atoms with Gasteiger partial charge in [0.1, 0.15) is 22.3 Å². The molecule has 0 bridgehead atoms. The molecule has 11 rings (SSSR count). The second-order valence-electron chi connectivity index (χ2n) is 13.6. The fourth-order valence-corrected chi connectivity index (χ4v) is 8.80. The molecule has 0 aliphatic heterocycles. The molecule has 8 aromatic carbocycles. The quantitative estimate of drug-likeness (QED) is 0.183. The summed E-state index contributed by atoms with van der Waals surface area (Å²) in [6.07, 6.45) is 0. The van der Waals surface area contributed by atoms with Crippen molar-refractivity contribution in [2.75, 3.05) is 4.90 Å². The second kappa shape index (κ2) is 11.1. The Hall–Kier alpha value is -6.84. The molecular weight excluding hydrogens is 635 g/mol. The highest BCUT2D eigenvalue weighted by Gasteiger charge is 2.48. The third-order valence-corrected chi connectivity index (χ3v) is 10.9. The molecule has 52 heavy (non-hydrogen) atoms. The minimum atomic E-state index is -0.584. The predicted molar refractivity (Wildman–Crippen MR) is 213 cm³/mol. The third-order valence-electron chi connectivity index (χ3n) is 10.9. The Morgan fingerprint density at radius 2 is 0.904 bits per heavy atom. The van der Waals surface area contributed by atoms with E-state index in [9.17, 15) is 0 Å². The van der Waals surface area contributed by atoms with Gasteiger partial charge in [0.15, 0.2) is 0 Å². The maximum absolute atomic E-state index is 6.51. The van der Waals surface area contributed by atoms with Gasteiger partial charge in [0.2, 0.25) is 0 Å². The number of anilines is 3. The molecule has 0 spiro atoms. The predicted octanol–water partition coefficient (Wildman–Crippen LogP) is 13.3. The molecule has 0 unspecified atom stereocenters. The van der Waals surface area contributed by atoms with E-state index in [-0.39, 0.29) is 0 Å². The Balaban J connectivity index is 1.26. The average molecular weight is 666 g/mol. The smallest absolute Gasteiger partial charge is 0.137 e. The zero-order chi connectivity index (χ0) is 34.2. The molecule has 0 saturated heterocycles. The van der Waals surface area contributed by atoms with E-state index >= 15 is 0 Å². The Kier molecular flexibility index (Phi) is 6.17. The van der Waals surface area contributed by atoms with Crippen molar-refractivity contribution in [3.05, 3.63) is 210 Å².